The van der Waals surface area contributed by atoms with Crippen LogP contribution in [0.3, 0.4) is 0 Å². The Morgan fingerprint density at radius 1 is 1.03 bits per heavy atom. The lowest BCUT2D eigenvalue weighted by Gasteiger charge is -2.12. The SMILES string of the molecule is CCCc1nc2cccc(C(=O)O)c2n1Cc1ccc(-c2ccccc2-c2noc(=O)[nH]2)cc1. The summed E-state index contributed by atoms with van der Waals surface area (Å²) in [6, 6.07) is 20.9. The Bertz CT molecular complexity index is 1540. The van der Waals surface area contributed by atoms with Gasteiger partial charge in [0.2, 0.25) is 0 Å². The summed E-state index contributed by atoms with van der Waals surface area (Å²) in [4.78, 5) is 30.6. The third-order valence-electron chi connectivity index (χ3n) is 5.78. The van der Waals surface area contributed by atoms with E-state index in [1.165, 1.54) is 0 Å². The Kier molecular flexibility index (Phi) is 5.55. The lowest BCUT2D eigenvalue weighted by atomic mass is 9.98. The number of rotatable bonds is 7. The van der Waals surface area contributed by atoms with Crippen LogP contribution in [0.1, 0.15) is 35.1 Å². The zero-order chi connectivity index (χ0) is 23.7. The number of carboxylic acid groups (broad SMARTS) is 1. The summed E-state index contributed by atoms with van der Waals surface area (Å²) in [6.07, 6.45) is 1.67. The summed E-state index contributed by atoms with van der Waals surface area (Å²) in [7, 11) is 0. The van der Waals surface area contributed by atoms with E-state index in [0.717, 1.165) is 40.9 Å². The predicted octanol–water partition coefficient (Wildman–Crippen LogP) is 4.75. The van der Waals surface area contributed by atoms with Gasteiger partial charge in [0.25, 0.3) is 0 Å². The Balaban J connectivity index is 1.53. The highest BCUT2D eigenvalue weighted by Gasteiger charge is 2.18. The molecule has 0 saturated carbocycles. The van der Waals surface area contributed by atoms with Gasteiger partial charge >= 0.3 is 11.7 Å². The number of fused-ring (bicyclic) bond motifs is 1. The van der Waals surface area contributed by atoms with Gasteiger partial charge in [-0.3, -0.25) is 9.51 Å². The van der Waals surface area contributed by atoms with Crippen LogP contribution in [0.15, 0.2) is 76.0 Å². The zero-order valence-electron chi connectivity index (χ0n) is 18.5. The Morgan fingerprint density at radius 3 is 2.47 bits per heavy atom. The van der Waals surface area contributed by atoms with Crippen molar-refractivity contribution < 1.29 is 14.4 Å². The summed E-state index contributed by atoms with van der Waals surface area (Å²) in [5.41, 5.74) is 5.23. The molecule has 5 rings (SSSR count). The van der Waals surface area contributed by atoms with Gasteiger partial charge in [-0.05, 0) is 35.2 Å². The number of H-pyrrole nitrogens is 1. The van der Waals surface area contributed by atoms with Gasteiger partial charge in [0, 0.05) is 18.5 Å². The Hall–Kier alpha value is -4.46. The van der Waals surface area contributed by atoms with Crippen molar-refractivity contribution in [2.24, 2.45) is 0 Å². The molecule has 2 aromatic heterocycles. The van der Waals surface area contributed by atoms with Gasteiger partial charge in [-0.1, -0.05) is 66.7 Å². The molecule has 2 N–H and O–H groups in total. The smallest absolute Gasteiger partial charge is 0.439 e. The van der Waals surface area contributed by atoms with Crippen molar-refractivity contribution in [1.82, 2.24) is 19.7 Å². The van der Waals surface area contributed by atoms with Crippen molar-refractivity contribution in [3.8, 4) is 22.5 Å². The molecule has 2 heterocycles. The summed E-state index contributed by atoms with van der Waals surface area (Å²) in [6.45, 7) is 2.59. The average Bonchev–Trinajstić information content (AvgIpc) is 3.43. The first-order valence-electron chi connectivity index (χ1n) is 11.0. The van der Waals surface area contributed by atoms with E-state index in [1.54, 1.807) is 12.1 Å². The maximum atomic E-state index is 11.9. The molecular formula is C26H22N4O4. The van der Waals surface area contributed by atoms with E-state index in [4.69, 9.17) is 4.98 Å². The molecule has 5 aromatic rings. The van der Waals surface area contributed by atoms with Crippen molar-refractivity contribution in [1.29, 1.82) is 0 Å². The van der Waals surface area contributed by atoms with Crippen molar-refractivity contribution in [3.05, 3.63) is 94.2 Å². The molecule has 3 aromatic carbocycles. The molecule has 0 unspecified atom stereocenters. The fourth-order valence-corrected chi connectivity index (χ4v) is 4.25. The number of imidazole rings is 1. The third-order valence-corrected chi connectivity index (χ3v) is 5.78. The van der Waals surface area contributed by atoms with Crippen molar-refractivity contribution in [2.75, 3.05) is 0 Å². The summed E-state index contributed by atoms with van der Waals surface area (Å²) in [5.74, 6) is -0.320. The molecule has 0 saturated heterocycles. The second-order valence-corrected chi connectivity index (χ2v) is 8.03. The van der Waals surface area contributed by atoms with Crippen LogP contribution in [-0.2, 0) is 13.0 Å². The van der Waals surface area contributed by atoms with E-state index in [1.807, 2.05) is 59.2 Å². The van der Waals surface area contributed by atoms with Crippen LogP contribution >= 0.6 is 0 Å². The van der Waals surface area contributed by atoms with Crippen LogP contribution in [0.2, 0.25) is 0 Å². The molecule has 0 radical (unpaired) electrons. The second kappa shape index (κ2) is 8.82. The van der Waals surface area contributed by atoms with E-state index in [9.17, 15) is 14.7 Å². The lowest BCUT2D eigenvalue weighted by molar-refractivity contribution is 0.0698. The number of carbonyl (C=O) groups is 1. The number of nitrogens with one attached hydrogen (secondary N) is 1. The number of hydrogen-bond donors (Lipinski definition) is 2. The number of para-hydroxylation sites is 1. The topological polar surface area (TPSA) is 114 Å². The number of benzene rings is 3. The van der Waals surface area contributed by atoms with E-state index >= 15 is 0 Å². The number of aromatic carboxylic acids is 1. The van der Waals surface area contributed by atoms with Gasteiger partial charge in [-0.25, -0.2) is 14.6 Å². The maximum Gasteiger partial charge on any atom is 0.439 e. The molecule has 0 amide bonds. The maximum absolute atomic E-state index is 11.9. The quantitative estimate of drug-likeness (QED) is 0.367. The highest BCUT2D eigenvalue weighted by atomic mass is 16.5. The molecular weight excluding hydrogens is 432 g/mol. The molecule has 0 aliphatic carbocycles. The predicted molar refractivity (Wildman–Crippen MR) is 128 cm³/mol. The molecule has 8 nitrogen and oxygen atoms in total. The lowest BCUT2D eigenvalue weighted by Crippen LogP contribution is -2.08. The zero-order valence-corrected chi connectivity index (χ0v) is 18.5. The molecule has 0 spiro atoms. The fourth-order valence-electron chi connectivity index (χ4n) is 4.25. The summed E-state index contributed by atoms with van der Waals surface area (Å²) in [5, 5.41) is 13.5. The molecule has 0 fully saturated rings. The van der Waals surface area contributed by atoms with Crippen LogP contribution in [-0.4, -0.2) is 30.8 Å². The molecule has 0 bridgehead atoms. The highest BCUT2D eigenvalue weighted by Crippen LogP contribution is 2.30. The van der Waals surface area contributed by atoms with Gasteiger partial charge in [0.1, 0.15) is 5.82 Å². The first kappa shape index (κ1) is 21.4. The number of aryl methyl sites for hydroxylation is 1. The summed E-state index contributed by atoms with van der Waals surface area (Å²) >= 11 is 0. The van der Waals surface area contributed by atoms with Gasteiger partial charge in [0.05, 0.1) is 16.6 Å². The number of nitrogens with zero attached hydrogens (tertiary/aromatic N) is 3. The standard InChI is InChI=1S/C26H22N4O4/c1-2-6-22-27-21-10-5-9-20(25(31)32)23(21)30(22)15-16-11-13-17(14-12-16)18-7-3-4-8-19(18)24-28-26(33)34-29-24/h3-5,7-14H,2,6,15H2,1H3,(H,31,32)(H,28,29,33). The van der Waals surface area contributed by atoms with Crippen LogP contribution in [0, 0.1) is 0 Å². The monoisotopic (exact) mass is 454 g/mol. The van der Waals surface area contributed by atoms with Gasteiger partial charge in [-0.15, -0.1) is 0 Å². The van der Waals surface area contributed by atoms with E-state index in [0.29, 0.717) is 23.4 Å². The van der Waals surface area contributed by atoms with E-state index < -0.39 is 11.7 Å². The Labute approximate surface area is 194 Å². The van der Waals surface area contributed by atoms with Gasteiger partial charge in [0.15, 0.2) is 5.82 Å². The minimum absolute atomic E-state index is 0.250. The number of hydrogen-bond acceptors (Lipinski definition) is 5. The first-order chi connectivity index (χ1) is 16.5. The van der Waals surface area contributed by atoms with E-state index in [-0.39, 0.29) is 5.56 Å². The molecule has 8 heteroatoms. The molecule has 0 atom stereocenters. The number of carboxylic acids is 1. The Morgan fingerprint density at radius 2 is 1.79 bits per heavy atom. The second-order valence-electron chi connectivity index (χ2n) is 8.03. The van der Waals surface area contributed by atoms with Crippen molar-refractivity contribution >= 4 is 17.0 Å². The minimum Gasteiger partial charge on any atom is -0.478 e. The van der Waals surface area contributed by atoms with Gasteiger partial charge < -0.3 is 9.67 Å². The molecule has 0 aliphatic heterocycles. The first-order valence-corrected chi connectivity index (χ1v) is 11.0. The third kappa shape index (κ3) is 3.90. The fraction of sp³-hybridized carbons (Fsp3) is 0.154. The van der Waals surface area contributed by atoms with Crippen LogP contribution in [0.4, 0.5) is 0 Å². The average molecular weight is 454 g/mol. The van der Waals surface area contributed by atoms with Crippen molar-refractivity contribution in [3.63, 3.8) is 0 Å². The van der Waals surface area contributed by atoms with Crippen LogP contribution in [0.5, 0.6) is 0 Å². The van der Waals surface area contributed by atoms with Crippen molar-refractivity contribution in [2.45, 2.75) is 26.3 Å². The van der Waals surface area contributed by atoms with Crippen LogP contribution < -0.4 is 5.76 Å². The molecule has 170 valence electrons. The molecule has 34 heavy (non-hydrogen) atoms. The van der Waals surface area contributed by atoms with Gasteiger partial charge in [-0.2, -0.15) is 0 Å². The van der Waals surface area contributed by atoms with E-state index in [2.05, 4.69) is 21.6 Å². The highest BCUT2D eigenvalue weighted by molar-refractivity contribution is 6.01. The largest absolute Gasteiger partial charge is 0.478 e. The van der Waals surface area contributed by atoms with Crippen LogP contribution in [0.25, 0.3) is 33.5 Å². The summed E-state index contributed by atoms with van der Waals surface area (Å²) < 4.78 is 6.67. The molecule has 0 aliphatic rings. The number of aromatic amines is 1. The minimum atomic E-state index is -0.965. The number of aromatic nitrogens is 4. The normalized spacial score (nSPS) is 11.2.